The van der Waals surface area contributed by atoms with E-state index in [0.29, 0.717) is 17.9 Å². The number of urea groups is 1. The molecule has 0 unspecified atom stereocenters. The van der Waals surface area contributed by atoms with Crippen molar-refractivity contribution in [3.05, 3.63) is 58.3 Å². The number of anilines is 1. The number of amides is 2. The van der Waals surface area contributed by atoms with Crippen molar-refractivity contribution in [2.45, 2.75) is 26.3 Å². The van der Waals surface area contributed by atoms with E-state index in [2.05, 4.69) is 33.5 Å². The molecule has 6 heteroatoms. The van der Waals surface area contributed by atoms with Crippen LogP contribution in [-0.2, 0) is 6.54 Å². The Bertz CT molecular complexity index is 677. The van der Waals surface area contributed by atoms with E-state index in [4.69, 9.17) is 4.74 Å². The summed E-state index contributed by atoms with van der Waals surface area (Å²) in [4.78, 5) is 11.9. The minimum absolute atomic E-state index is 0.106. The molecule has 0 fully saturated rings. The maximum absolute atomic E-state index is 13.6. The van der Waals surface area contributed by atoms with Crippen LogP contribution in [0.2, 0.25) is 0 Å². The lowest BCUT2D eigenvalue weighted by molar-refractivity contribution is 0.251. The first-order valence-electron chi connectivity index (χ1n) is 7.80. The highest BCUT2D eigenvalue weighted by Crippen LogP contribution is 2.17. The molecule has 2 amide bonds. The summed E-state index contributed by atoms with van der Waals surface area (Å²) >= 11 is 3.28. The zero-order valence-electron chi connectivity index (χ0n) is 13.4. The van der Waals surface area contributed by atoms with Gasteiger partial charge in [-0.1, -0.05) is 29.3 Å². The Morgan fingerprint density at radius 3 is 2.67 bits per heavy atom. The smallest absolute Gasteiger partial charge is 0.319 e. The topological polar surface area (TPSA) is 50.4 Å². The molecule has 0 aromatic heterocycles. The van der Waals surface area contributed by atoms with E-state index < -0.39 is 6.03 Å². The summed E-state index contributed by atoms with van der Waals surface area (Å²) in [6, 6.07) is 11.4. The van der Waals surface area contributed by atoms with Crippen LogP contribution >= 0.6 is 15.9 Å². The summed E-state index contributed by atoms with van der Waals surface area (Å²) in [6.07, 6.45) is 2.09. The Labute approximate surface area is 149 Å². The molecule has 0 radical (unpaired) electrons. The fourth-order valence-corrected chi connectivity index (χ4v) is 2.41. The van der Waals surface area contributed by atoms with Crippen molar-refractivity contribution in [2.75, 3.05) is 11.9 Å². The number of hydrogen-bond acceptors (Lipinski definition) is 2. The molecule has 0 aliphatic rings. The van der Waals surface area contributed by atoms with Crippen molar-refractivity contribution in [3.63, 3.8) is 0 Å². The van der Waals surface area contributed by atoms with Gasteiger partial charge >= 0.3 is 6.03 Å². The van der Waals surface area contributed by atoms with Gasteiger partial charge in [-0.25, -0.2) is 9.18 Å². The van der Waals surface area contributed by atoms with E-state index in [0.717, 1.165) is 23.1 Å². The largest absolute Gasteiger partial charge is 0.494 e. The van der Waals surface area contributed by atoms with E-state index in [1.54, 1.807) is 36.4 Å². The number of ether oxygens (including phenoxy) is 1. The summed E-state index contributed by atoms with van der Waals surface area (Å²) in [7, 11) is 0. The number of benzene rings is 2. The molecule has 0 heterocycles. The first-order chi connectivity index (χ1) is 11.6. The zero-order chi connectivity index (χ0) is 17.4. The first kappa shape index (κ1) is 18.3. The van der Waals surface area contributed by atoms with Crippen molar-refractivity contribution in [1.29, 1.82) is 0 Å². The highest BCUT2D eigenvalue weighted by molar-refractivity contribution is 9.10. The van der Waals surface area contributed by atoms with Crippen LogP contribution in [0.4, 0.5) is 14.9 Å². The van der Waals surface area contributed by atoms with Crippen molar-refractivity contribution in [3.8, 4) is 5.75 Å². The van der Waals surface area contributed by atoms with Crippen LogP contribution in [0.5, 0.6) is 5.75 Å². The predicted octanol–water partition coefficient (Wildman–Crippen LogP) is 5.09. The van der Waals surface area contributed by atoms with Gasteiger partial charge in [-0.05, 0) is 48.9 Å². The summed E-state index contributed by atoms with van der Waals surface area (Å²) in [5.74, 6) is 0.415. The van der Waals surface area contributed by atoms with E-state index in [-0.39, 0.29) is 12.4 Å². The molecular formula is C18H20BrFN2O2. The molecule has 2 aromatic rings. The zero-order valence-corrected chi connectivity index (χ0v) is 15.0. The van der Waals surface area contributed by atoms with Crippen LogP contribution < -0.4 is 15.4 Å². The molecule has 128 valence electrons. The molecule has 0 atom stereocenters. The van der Waals surface area contributed by atoms with Crippen LogP contribution in [0.25, 0.3) is 0 Å². The van der Waals surface area contributed by atoms with Gasteiger partial charge in [-0.15, -0.1) is 0 Å². The summed E-state index contributed by atoms with van der Waals surface area (Å²) < 4.78 is 19.9. The lowest BCUT2D eigenvalue weighted by Crippen LogP contribution is -2.28. The fourth-order valence-electron chi connectivity index (χ4n) is 2.00. The van der Waals surface area contributed by atoms with Gasteiger partial charge in [0.05, 0.1) is 6.61 Å². The second kappa shape index (κ2) is 9.27. The van der Waals surface area contributed by atoms with Crippen molar-refractivity contribution >= 4 is 27.6 Å². The molecule has 4 nitrogen and oxygen atoms in total. The fraction of sp³-hybridized carbons (Fsp3) is 0.278. The van der Waals surface area contributed by atoms with Crippen LogP contribution in [0, 0.1) is 5.82 Å². The first-order valence-corrected chi connectivity index (χ1v) is 8.59. The summed E-state index contributed by atoms with van der Waals surface area (Å²) in [5.41, 5.74) is 1.06. The quantitative estimate of drug-likeness (QED) is 0.642. The Morgan fingerprint density at radius 1 is 1.21 bits per heavy atom. The number of nitrogens with one attached hydrogen (secondary N) is 2. The van der Waals surface area contributed by atoms with Gasteiger partial charge in [-0.2, -0.15) is 0 Å². The third-order valence-electron chi connectivity index (χ3n) is 3.33. The van der Waals surface area contributed by atoms with Gasteiger partial charge < -0.3 is 15.4 Å². The number of unbranched alkanes of at least 4 members (excludes halogenated alkanes) is 1. The summed E-state index contributed by atoms with van der Waals surface area (Å²) in [6.45, 7) is 2.90. The van der Waals surface area contributed by atoms with E-state index in [9.17, 15) is 9.18 Å². The number of halogens is 2. The average molecular weight is 395 g/mol. The standard InChI is InChI=1S/C18H20BrFN2O2/c1-2-3-10-24-16-7-5-15(6-8-16)22-18(23)21-12-13-11-14(19)4-9-17(13)20/h4-9,11H,2-3,10,12H2,1H3,(H2,21,22,23). The maximum atomic E-state index is 13.6. The van der Waals surface area contributed by atoms with Gasteiger partial charge in [0.2, 0.25) is 0 Å². The van der Waals surface area contributed by atoms with Gasteiger partial charge in [0.25, 0.3) is 0 Å². The monoisotopic (exact) mass is 394 g/mol. The Balaban J connectivity index is 1.82. The number of rotatable bonds is 7. The molecule has 2 N–H and O–H groups in total. The van der Waals surface area contributed by atoms with Gasteiger partial charge in [0.15, 0.2) is 0 Å². The average Bonchev–Trinajstić information content (AvgIpc) is 2.57. The second-order valence-electron chi connectivity index (χ2n) is 5.27. The van der Waals surface area contributed by atoms with Crippen LogP contribution in [0.3, 0.4) is 0 Å². The molecule has 0 aliphatic carbocycles. The van der Waals surface area contributed by atoms with Crippen LogP contribution in [0.1, 0.15) is 25.3 Å². The van der Waals surface area contributed by atoms with Crippen LogP contribution in [-0.4, -0.2) is 12.6 Å². The lowest BCUT2D eigenvalue weighted by Gasteiger charge is -2.10. The highest BCUT2D eigenvalue weighted by atomic mass is 79.9. The lowest BCUT2D eigenvalue weighted by atomic mass is 10.2. The van der Waals surface area contributed by atoms with Crippen molar-refractivity contribution in [2.24, 2.45) is 0 Å². The third-order valence-corrected chi connectivity index (χ3v) is 3.82. The normalized spacial score (nSPS) is 10.3. The Hall–Kier alpha value is -2.08. The molecule has 24 heavy (non-hydrogen) atoms. The Morgan fingerprint density at radius 2 is 1.96 bits per heavy atom. The Kier molecular flexibility index (Phi) is 7.06. The molecule has 2 rings (SSSR count). The van der Waals surface area contributed by atoms with Crippen LogP contribution in [0.15, 0.2) is 46.9 Å². The molecule has 2 aromatic carbocycles. The molecule has 0 bridgehead atoms. The molecule has 0 saturated heterocycles. The van der Waals surface area contributed by atoms with Crippen molar-refractivity contribution in [1.82, 2.24) is 5.32 Å². The minimum Gasteiger partial charge on any atom is -0.494 e. The highest BCUT2D eigenvalue weighted by Gasteiger charge is 2.06. The number of hydrogen-bond donors (Lipinski definition) is 2. The molecule has 0 aliphatic heterocycles. The summed E-state index contributed by atoms with van der Waals surface area (Å²) in [5, 5.41) is 5.33. The second-order valence-corrected chi connectivity index (χ2v) is 6.19. The molecular weight excluding hydrogens is 375 g/mol. The van der Waals surface area contributed by atoms with E-state index >= 15 is 0 Å². The number of carbonyl (C=O) groups excluding carboxylic acids is 1. The van der Waals surface area contributed by atoms with Gasteiger partial charge in [-0.3, -0.25) is 0 Å². The molecule has 0 spiro atoms. The number of carbonyl (C=O) groups is 1. The predicted molar refractivity (Wildman–Crippen MR) is 96.8 cm³/mol. The minimum atomic E-state index is -0.394. The third kappa shape index (κ3) is 5.85. The SMILES string of the molecule is CCCCOc1ccc(NC(=O)NCc2cc(Br)ccc2F)cc1. The van der Waals surface area contributed by atoms with Gasteiger partial charge in [0.1, 0.15) is 11.6 Å². The van der Waals surface area contributed by atoms with E-state index in [1.165, 1.54) is 6.07 Å². The maximum Gasteiger partial charge on any atom is 0.319 e. The molecule has 0 saturated carbocycles. The van der Waals surface area contributed by atoms with Gasteiger partial charge in [0, 0.05) is 22.3 Å². The van der Waals surface area contributed by atoms with Crippen molar-refractivity contribution < 1.29 is 13.9 Å². The van der Waals surface area contributed by atoms with E-state index in [1.807, 2.05) is 0 Å².